The van der Waals surface area contributed by atoms with Crippen molar-refractivity contribution in [1.29, 1.82) is 0 Å². The van der Waals surface area contributed by atoms with Crippen molar-refractivity contribution in [3.05, 3.63) is 0 Å². The minimum atomic E-state index is -1.96. The molecule has 3 fully saturated rings. The van der Waals surface area contributed by atoms with Crippen molar-refractivity contribution in [1.82, 2.24) is 0 Å². The topological polar surface area (TPSA) is 309 Å². The first-order valence-corrected chi connectivity index (χ1v) is 19.8. The van der Waals surface area contributed by atoms with E-state index in [1.807, 2.05) is 0 Å². The highest BCUT2D eigenvalue weighted by Gasteiger charge is 2.59. The molecule has 3 heterocycles. The summed E-state index contributed by atoms with van der Waals surface area (Å²) in [7, 11) is 0. The second-order valence-corrected chi connectivity index (χ2v) is 14.6. The highest BCUT2D eigenvalue weighted by Crippen LogP contribution is 2.38. The van der Waals surface area contributed by atoms with Crippen LogP contribution < -0.4 is 0 Å². The summed E-state index contributed by atoms with van der Waals surface area (Å²) in [6.07, 6.45) is -24.7. The highest BCUT2D eigenvalue weighted by atomic mass is 16.8. The van der Waals surface area contributed by atoms with Gasteiger partial charge in [0.05, 0.1) is 6.10 Å². The maximum absolute atomic E-state index is 12.9. The largest absolute Gasteiger partial charge is 0.463 e. The average Bonchev–Trinajstić information content (AvgIpc) is 3.15. The Kier molecular flexibility index (Phi) is 19.8. The molecule has 0 bridgehead atoms. The monoisotopic (exact) mass is 922 g/mol. The zero-order valence-electron chi connectivity index (χ0n) is 37.0. The van der Waals surface area contributed by atoms with E-state index >= 15 is 0 Å². The van der Waals surface area contributed by atoms with Gasteiger partial charge in [-0.3, -0.25) is 47.9 Å². The van der Waals surface area contributed by atoms with E-state index in [0.29, 0.717) is 0 Å². The van der Waals surface area contributed by atoms with Crippen LogP contribution in [0.25, 0.3) is 0 Å². The summed E-state index contributed by atoms with van der Waals surface area (Å²) in [6, 6.07) is 0. The predicted molar refractivity (Wildman–Crippen MR) is 200 cm³/mol. The smallest absolute Gasteiger partial charge is 0.303 e. The second kappa shape index (κ2) is 24.0. The van der Waals surface area contributed by atoms with E-state index in [2.05, 4.69) is 0 Å². The fraction of sp³-hybridized carbons (Fsp3) is 0.744. The minimum absolute atomic E-state index is 0.543. The maximum Gasteiger partial charge on any atom is 0.303 e. The zero-order chi connectivity index (χ0) is 48.2. The molecule has 3 aliphatic heterocycles. The Balaban J connectivity index is 2.28. The van der Waals surface area contributed by atoms with Crippen LogP contribution in [0.1, 0.15) is 76.2 Å². The summed E-state index contributed by atoms with van der Waals surface area (Å²) < 4.78 is 85.6. The first kappa shape index (κ1) is 52.8. The summed E-state index contributed by atoms with van der Waals surface area (Å²) in [6.45, 7) is 9.74. The van der Waals surface area contributed by atoms with Crippen molar-refractivity contribution >= 4 is 59.7 Å². The van der Waals surface area contributed by atoms with Crippen LogP contribution in [-0.2, 0) is 119 Å². The molecule has 15 atom stereocenters. The molecular weight excluding hydrogens is 868 g/mol. The molecule has 0 saturated carbocycles. The number of carbonyl (C=O) groups is 10. The lowest BCUT2D eigenvalue weighted by Gasteiger charge is -2.50. The lowest BCUT2D eigenvalue weighted by Crippen LogP contribution is -2.68. The normalized spacial score (nSPS) is 32.3. The third-order valence-corrected chi connectivity index (χ3v) is 9.10. The van der Waals surface area contributed by atoms with Crippen molar-refractivity contribution in [2.24, 2.45) is 0 Å². The van der Waals surface area contributed by atoms with Gasteiger partial charge in [-0.2, -0.15) is 0 Å². The Morgan fingerprint density at radius 2 is 0.562 bits per heavy atom. The first-order chi connectivity index (χ1) is 29.9. The van der Waals surface area contributed by atoms with E-state index in [1.165, 1.54) is 6.92 Å². The van der Waals surface area contributed by atoms with E-state index < -0.39 is 171 Å². The predicted octanol–water partition coefficient (Wildman–Crippen LogP) is -0.795. The van der Waals surface area contributed by atoms with Crippen LogP contribution in [0.3, 0.4) is 0 Å². The van der Waals surface area contributed by atoms with Gasteiger partial charge in [0.15, 0.2) is 55.3 Å². The molecule has 360 valence electrons. The van der Waals surface area contributed by atoms with Crippen molar-refractivity contribution in [2.75, 3.05) is 19.8 Å². The summed E-state index contributed by atoms with van der Waals surface area (Å²) >= 11 is 0. The fourth-order valence-corrected chi connectivity index (χ4v) is 7.01. The van der Waals surface area contributed by atoms with Crippen LogP contribution >= 0.6 is 0 Å². The van der Waals surface area contributed by atoms with Gasteiger partial charge in [-0.05, 0) is 6.92 Å². The molecule has 6 unspecified atom stereocenters. The van der Waals surface area contributed by atoms with Crippen LogP contribution in [0.4, 0.5) is 0 Å². The Morgan fingerprint density at radius 3 is 0.891 bits per heavy atom. The molecule has 0 aliphatic carbocycles. The number of esters is 10. The zero-order valence-corrected chi connectivity index (χ0v) is 37.0. The van der Waals surface area contributed by atoms with Gasteiger partial charge >= 0.3 is 59.7 Å². The first-order valence-electron chi connectivity index (χ1n) is 19.8. The lowest BCUT2D eigenvalue weighted by atomic mass is 9.93. The van der Waals surface area contributed by atoms with Gasteiger partial charge in [0, 0.05) is 69.2 Å². The van der Waals surface area contributed by atoms with E-state index in [1.54, 1.807) is 0 Å². The quantitative estimate of drug-likeness (QED) is 0.127. The number of hydrogen-bond acceptors (Lipinski definition) is 25. The van der Waals surface area contributed by atoms with Crippen molar-refractivity contribution in [2.45, 2.75) is 168 Å². The van der Waals surface area contributed by atoms with Crippen LogP contribution in [0.15, 0.2) is 0 Å². The van der Waals surface area contributed by atoms with Gasteiger partial charge in [-0.1, -0.05) is 0 Å². The number of rotatable bonds is 17. The van der Waals surface area contributed by atoms with Gasteiger partial charge in [0.1, 0.15) is 50.3 Å². The Bertz CT molecular complexity index is 1730. The third kappa shape index (κ3) is 15.6. The van der Waals surface area contributed by atoms with E-state index in [0.717, 1.165) is 69.2 Å². The second-order valence-electron chi connectivity index (χ2n) is 14.6. The van der Waals surface area contributed by atoms with E-state index in [9.17, 15) is 47.9 Å². The van der Waals surface area contributed by atoms with Gasteiger partial charge in [-0.15, -0.1) is 0 Å². The molecule has 0 aromatic heterocycles. The average molecular weight is 923 g/mol. The molecule has 0 aromatic carbocycles. The molecule has 3 saturated heterocycles. The number of carbonyl (C=O) groups excluding carboxylic acids is 10. The lowest BCUT2D eigenvalue weighted by molar-refractivity contribution is -0.373. The fourth-order valence-electron chi connectivity index (χ4n) is 7.01. The molecule has 25 nitrogen and oxygen atoms in total. The Labute approximate surface area is 366 Å². The molecule has 0 amide bonds. The summed E-state index contributed by atoms with van der Waals surface area (Å²) in [5, 5.41) is 0. The minimum Gasteiger partial charge on any atom is -0.463 e. The maximum atomic E-state index is 12.9. The standard InChI is InChI=1S/C39H54O25/c1-15-29(54-19(5)43)33(56-21(7)45)31(26(53-15)12-50-16(2)40)63-39-37(60-25(11)49)35(58-23(9)47)32(28(62-39)14-52-18(4)42)64-38-36(59-24(10)48)34(57-22(8)46)30(55-20(6)44)27(61-38)13-51-17(3)41/h15,26-39H,12-14H2,1-11H3/t15-,26?,27?,28?,29?,30+,31+,32+,33-,34+,35+,36?,37?,38-,39-/m0/s1. The van der Waals surface area contributed by atoms with Crippen LogP contribution in [0, 0.1) is 0 Å². The SMILES string of the molecule is CC(=O)OCC1O[C@@H](O[C@@H]2C(COC(C)=O)O[C@@H](O[C@@H]3C(COC(C)=O)O[C@@H](C)C(OC(C)=O)[C@@H]3OC(C)=O)C(OC(C)=O)[C@@H]2OC(C)=O)C(OC(C)=O)[C@H](OC(C)=O)[C@@H]1OC(C)=O. The Hall–Kier alpha value is -5.50. The molecule has 0 aromatic rings. The summed E-state index contributed by atoms with van der Waals surface area (Å²) in [5.74, 6) is -9.09. The van der Waals surface area contributed by atoms with Crippen molar-refractivity contribution in [3.8, 4) is 0 Å². The Morgan fingerprint density at radius 1 is 0.312 bits per heavy atom. The molecule has 0 spiro atoms. The molecule has 3 aliphatic rings. The molecular formula is C39H54O25. The molecule has 0 radical (unpaired) electrons. The van der Waals surface area contributed by atoms with Gasteiger partial charge in [-0.25, -0.2) is 0 Å². The van der Waals surface area contributed by atoms with Crippen LogP contribution in [0.5, 0.6) is 0 Å². The highest BCUT2D eigenvalue weighted by molar-refractivity contribution is 5.70. The molecule has 25 heteroatoms. The van der Waals surface area contributed by atoms with Crippen molar-refractivity contribution < 1.29 is 119 Å². The van der Waals surface area contributed by atoms with Crippen LogP contribution in [-0.4, -0.2) is 171 Å². The number of ether oxygens (including phenoxy) is 15. The molecule has 3 rings (SSSR count). The summed E-state index contributed by atoms with van der Waals surface area (Å²) in [5.41, 5.74) is 0. The van der Waals surface area contributed by atoms with E-state index in [-0.39, 0.29) is 0 Å². The van der Waals surface area contributed by atoms with Gasteiger partial charge in [0.25, 0.3) is 0 Å². The van der Waals surface area contributed by atoms with Crippen LogP contribution in [0.2, 0.25) is 0 Å². The third-order valence-electron chi connectivity index (χ3n) is 9.10. The number of hydrogen-bond donors (Lipinski definition) is 0. The van der Waals surface area contributed by atoms with Crippen molar-refractivity contribution in [3.63, 3.8) is 0 Å². The summed E-state index contributed by atoms with van der Waals surface area (Å²) in [4.78, 5) is 124. The van der Waals surface area contributed by atoms with E-state index in [4.69, 9.17) is 71.1 Å². The van der Waals surface area contributed by atoms with Gasteiger partial charge < -0.3 is 71.1 Å². The molecule has 64 heavy (non-hydrogen) atoms. The molecule has 0 N–H and O–H groups in total. The van der Waals surface area contributed by atoms with Gasteiger partial charge in [0.2, 0.25) is 0 Å².